The van der Waals surface area contributed by atoms with Gasteiger partial charge >= 0.3 is 0 Å². The molecule has 224 valence electrons. The fourth-order valence-electron chi connectivity index (χ4n) is 7.06. The van der Waals surface area contributed by atoms with Crippen LogP contribution in [0.15, 0.2) is 146 Å². The maximum atomic E-state index is 6.76. The van der Waals surface area contributed by atoms with Gasteiger partial charge in [0.1, 0.15) is 0 Å². The zero-order valence-corrected chi connectivity index (χ0v) is 26.1. The minimum Gasteiger partial charge on any atom is -0.449 e. The van der Waals surface area contributed by atoms with Gasteiger partial charge in [0.15, 0.2) is 28.8 Å². The molecule has 1 aliphatic heterocycles. The van der Waals surface area contributed by atoms with E-state index in [-0.39, 0.29) is 5.41 Å². The van der Waals surface area contributed by atoms with Crippen LogP contribution in [0.1, 0.15) is 25.0 Å². The fraction of sp³-hybridized carbons (Fsp3) is 0.0698. The van der Waals surface area contributed by atoms with E-state index < -0.39 is 0 Å². The van der Waals surface area contributed by atoms with Crippen LogP contribution in [-0.4, -0.2) is 9.97 Å². The molecule has 0 saturated carbocycles. The summed E-state index contributed by atoms with van der Waals surface area (Å²) in [5.41, 5.74) is 11.4. The van der Waals surface area contributed by atoms with E-state index in [0.29, 0.717) is 23.1 Å². The number of aromatic nitrogens is 2. The van der Waals surface area contributed by atoms with E-state index >= 15 is 0 Å². The monoisotopic (exact) mass is 606 g/mol. The van der Waals surface area contributed by atoms with E-state index in [1.54, 1.807) is 0 Å². The Labute approximate surface area is 274 Å². The fourth-order valence-corrected chi connectivity index (χ4v) is 7.06. The van der Waals surface area contributed by atoms with Crippen LogP contribution < -0.4 is 9.47 Å². The highest BCUT2D eigenvalue weighted by molar-refractivity contribution is 5.89. The Morgan fingerprint density at radius 1 is 0.447 bits per heavy atom. The molecule has 1 aromatic heterocycles. The SMILES string of the molecule is CC1(C)c2ccccc2-c2c1ccc1c2Oc2cccc(-c3nc(-c4ccccc4)cc(-c4ccccc4-c4ccccc4)n3)c2O1. The van der Waals surface area contributed by atoms with Crippen molar-refractivity contribution in [3.8, 4) is 79.2 Å². The Hall–Kier alpha value is -6.00. The van der Waals surface area contributed by atoms with Crippen LogP contribution >= 0.6 is 0 Å². The van der Waals surface area contributed by atoms with Gasteiger partial charge in [-0.1, -0.05) is 135 Å². The molecule has 2 heterocycles. The van der Waals surface area contributed by atoms with Crippen LogP contribution in [0, 0.1) is 0 Å². The van der Waals surface area contributed by atoms with Crippen molar-refractivity contribution in [1.82, 2.24) is 9.97 Å². The van der Waals surface area contributed by atoms with E-state index in [2.05, 4.69) is 111 Å². The molecule has 4 heteroatoms. The summed E-state index contributed by atoms with van der Waals surface area (Å²) < 4.78 is 13.5. The van der Waals surface area contributed by atoms with Gasteiger partial charge in [-0.25, -0.2) is 9.97 Å². The van der Waals surface area contributed by atoms with E-state index in [0.717, 1.165) is 50.5 Å². The van der Waals surface area contributed by atoms with Gasteiger partial charge in [-0.15, -0.1) is 0 Å². The highest BCUT2D eigenvalue weighted by Crippen LogP contribution is 2.59. The smallest absolute Gasteiger partial charge is 0.181 e. The summed E-state index contributed by atoms with van der Waals surface area (Å²) in [6, 6.07) is 49.9. The molecule has 0 bridgehead atoms. The molecular weight excluding hydrogens is 576 g/mol. The second-order valence-corrected chi connectivity index (χ2v) is 12.6. The van der Waals surface area contributed by atoms with Crippen LogP contribution in [-0.2, 0) is 5.41 Å². The summed E-state index contributed by atoms with van der Waals surface area (Å²) in [4.78, 5) is 10.3. The molecule has 7 aromatic rings. The minimum absolute atomic E-state index is 0.134. The summed E-state index contributed by atoms with van der Waals surface area (Å²) in [6.07, 6.45) is 0. The molecule has 0 saturated heterocycles. The lowest BCUT2D eigenvalue weighted by atomic mass is 9.82. The molecule has 47 heavy (non-hydrogen) atoms. The summed E-state index contributed by atoms with van der Waals surface area (Å²) in [7, 11) is 0. The van der Waals surface area contributed by atoms with E-state index in [1.165, 1.54) is 16.7 Å². The molecule has 0 fully saturated rings. The van der Waals surface area contributed by atoms with Gasteiger partial charge in [0, 0.05) is 22.1 Å². The van der Waals surface area contributed by atoms with Gasteiger partial charge in [0.25, 0.3) is 0 Å². The van der Waals surface area contributed by atoms with Crippen LogP contribution in [0.25, 0.3) is 56.2 Å². The highest BCUT2D eigenvalue weighted by Gasteiger charge is 2.39. The van der Waals surface area contributed by atoms with Crippen molar-refractivity contribution in [2.24, 2.45) is 0 Å². The van der Waals surface area contributed by atoms with Crippen molar-refractivity contribution in [3.05, 3.63) is 157 Å². The summed E-state index contributed by atoms with van der Waals surface area (Å²) in [5.74, 6) is 3.26. The summed E-state index contributed by atoms with van der Waals surface area (Å²) in [6.45, 7) is 4.54. The first-order valence-electron chi connectivity index (χ1n) is 15.9. The van der Waals surface area contributed by atoms with E-state index in [9.17, 15) is 0 Å². The lowest BCUT2D eigenvalue weighted by molar-refractivity contribution is 0.361. The van der Waals surface area contributed by atoms with Crippen LogP contribution in [0.5, 0.6) is 23.0 Å². The first kappa shape index (κ1) is 27.3. The van der Waals surface area contributed by atoms with Crippen LogP contribution in [0.3, 0.4) is 0 Å². The van der Waals surface area contributed by atoms with Crippen LogP contribution in [0.2, 0.25) is 0 Å². The summed E-state index contributed by atoms with van der Waals surface area (Å²) in [5, 5.41) is 0. The largest absolute Gasteiger partial charge is 0.449 e. The maximum absolute atomic E-state index is 6.76. The number of ether oxygens (including phenoxy) is 2. The molecule has 0 unspecified atom stereocenters. The molecule has 1 aliphatic carbocycles. The number of hydrogen-bond acceptors (Lipinski definition) is 4. The predicted octanol–water partition coefficient (Wildman–Crippen LogP) is 11.3. The zero-order valence-electron chi connectivity index (χ0n) is 26.1. The Morgan fingerprint density at radius 2 is 1.04 bits per heavy atom. The molecule has 0 atom stereocenters. The number of benzene rings is 6. The Balaban J connectivity index is 1.21. The molecule has 0 radical (unpaired) electrons. The molecule has 0 spiro atoms. The van der Waals surface area contributed by atoms with Gasteiger partial charge in [0.05, 0.1) is 17.0 Å². The standard InChI is InChI=1S/C43H30N2O2/c1-43(2)33-22-12-11-20-31(33)39-34(43)24-25-38-41(39)47-37-23-13-21-32(40(37)46-38)42-44-35(28-16-7-4-8-17-28)26-36(45-42)30-19-10-9-18-29(30)27-14-5-3-6-15-27/h3-26H,1-2H3. The van der Waals surface area contributed by atoms with Gasteiger partial charge in [-0.3, -0.25) is 0 Å². The zero-order chi connectivity index (χ0) is 31.5. The highest BCUT2D eigenvalue weighted by atomic mass is 16.6. The molecular formula is C43H30N2O2. The first-order valence-corrected chi connectivity index (χ1v) is 15.9. The number of para-hydroxylation sites is 1. The van der Waals surface area contributed by atoms with Crippen molar-refractivity contribution in [3.63, 3.8) is 0 Å². The van der Waals surface area contributed by atoms with Crippen molar-refractivity contribution >= 4 is 0 Å². The first-order chi connectivity index (χ1) is 23.1. The average Bonchev–Trinajstić information content (AvgIpc) is 3.37. The number of rotatable bonds is 4. The maximum Gasteiger partial charge on any atom is 0.181 e. The van der Waals surface area contributed by atoms with E-state index in [4.69, 9.17) is 19.4 Å². The van der Waals surface area contributed by atoms with Crippen molar-refractivity contribution < 1.29 is 9.47 Å². The molecule has 9 rings (SSSR count). The lowest BCUT2D eigenvalue weighted by Crippen LogP contribution is -2.15. The third kappa shape index (κ3) is 4.37. The van der Waals surface area contributed by atoms with Crippen LogP contribution in [0.4, 0.5) is 0 Å². The normalized spacial score (nSPS) is 13.4. The quantitative estimate of drug-likeness (QED) is 0.200. The molecule has 2 aliphatic rings. The van der Waals surface area contributed by atoms with Gasteiger partial charge in [-0.05, 0) is 52.1 Å². The Kier molecular flexibility index (Phi) is 6.12. The minimum atomic E-state index is -0.134. The van der Waals surface area contributed by atoms with Crippen molar-refractivity contribution in [2.45, 2.75) is 19.3 Å². The van der Waals surface area contributed by atoms with Gasteiger partial charge < -0.3 is 9.47 Å². The van der Waals surface area contributed by atoms with Crippen molar-refractivity contribution in [1.29, 1.82) is 0 Å². The molecule has 4 nitrogen and oxygen atoms in total. The second kappa shape index (κ2) is 10.5. The molecule has 0 N–H and O–H groups in total. The third-order valence-electron chi connectivity index (χ3n) is 9.39. The average molecular weight is 607 g/mol. The number of hydrogen-bond donors (Lipinski definition) is 0. The third-order valence-corrected chi connectivity index (χ3v) is 9.39. The second-order valence-electron chi connectivity index (χ2n) is 12.6. The van der Waals surface area contributed by atoms with Gasteiger partial charge in [0.2, 0.25) is 0 Å². The van der Waals surface area contributed by atoms with E-state index in [1.807, 2.05) is 48.5 Å². The number of fused-ring (bicyclic) bond motifs is 6. The Bertz CT molecular complexity index is 2330. The summed E-state index contributed by atoms with van der Waals surface area (Å²) >= 11 is 0. The molecule has 0 amide bonds. The van der Waals surface area contributed by atoms with Gasteiger partial charge in [-0.2, -0.15) is 0 Å². The predicted molar refractivity (Wildman–Crippen MR) is 188 cm³/mol. The topological polar surface area (TPSA) is 44.2 Å². The van der Waals surface area contributed by atoms with Crippen molar-refractivity contribution in [2.75, 3.05) is 0 Å². The number of nitrogens with zero attached hydrogens (tertiary/aromatic N) is 2. The molecule has 6 aromatic carbocycles. The Morgan fingerprint density at radius 3 is 1.83 bits per heavy atom. The lowest BCUT2D eigenvalue weighted by Gasteiger charge is -2.26.